The third-order valence-corrected chi connectivity index (χ3v) is 2.08. The van der Waals surface area contributed by atoms with E-state index in [4.69, 9.17) is 9.84 Å². The van der Waals surface area contributed by atoms with Gasteiger partial charge >= 0.3 is 5.97 Å². The predicted molar refractivity (Wildman–Crippen MR) is 49.8 cm³/mol. The molecular formula is C10H12O4. The minimum absolute atomic E-state index is 0.0336. The molecule has 0 aromatic carbocycles. The molecule has 2 unspecified atom stereocenters. The van der Waals surface area contributed by atoms with Crippen molar-refractivity contribution < 1.29 is 19.4 Å². The van der Waals surface area contributed by atoms with Gasteiger partial charge in [-0.3, -0.25) is 4.79 Å². The molecule has 0 saturated heterocycles. The number of hydrogen-bond acceptors (Lipinski definition) is 3. The third-order valence-electron chi connectivity index (χ3n) is 2.08. The average Bonchev–Trinajstić information content (AvgIpc) is 2.16. The number of ether oxygens (including phenoxy) is 1. The first-order chi connectivity index (χ1) is 6.63. The van der Waals surface area contributed by atoms with E-state index in [2.05, 4.69) is 0 Å². The van der Waals surface area contributed by atoms with Crippen molar-refractivity contribution in [3.63, 3.8) is 0 Å². The molecule has 76 valence electrons. The van der Waals surface area contributed by atoms with Gasteiger partial charge in [0, 0.05) is 13.2 Å². The van der Waals surface area contributed by atoms with Crippen molar-refractivity contribution in [1.29, 1.82) is 0 Å². The summed E-state index contributed by atoms with van der Waals surface area (Å²) in [5, 5.41) is 8.41. The number of aliphatic carboxylic acids is 1. The van der Waals surface area contributed by atoms with Crippen LogP contribution >= 0.6 is 0 Å². The number of allylic oxidation sites excluding steroid dienone is 2. The maximum absolute atomic E-state index is 11.2. The van der Waals surface area contributed by atoms with Gasteiger partial charge in [-0.15, -0.1) is 0 Å². The lowest BCUT2D eigenvalue weighted by Gasteiger charge is -2.19. The fourth-order valence-electron chi connectivity index (χ4n) is 1.33. The molecule has 0 saturated carbocycles. The molecule has 1 N–H and O–H groups in total. The number of hydrogen-bond donors (Lipinski definition) is 1. The summed E-state index contributed by atoms with van der Waals surface area (Å²) < 4.78 is 4.96. The van der Waals surface area contributed by atoms with Gasteiger partial charge in [0.2, 0.25) is 0 Å². The molecule has 0 fully saturated rings. The Hall–Kier alpha value is -1.42. The molecule has 0 heterocycles. The van der Waals surface area contributed by atoms with Gasteiger partial charge < -0.3 is 9.84 Å². The van der Waals surface area contributed by atoms with Crippen molar-refractivity contribution in [2.75, 3.05) is 7.11 Å². The molecule has 1 rings (SSSR count). The highest BCUT2D eigenvalue weighted by Gasteiger charge is 2.22. The Kier molecular flexibility index (Phi) is 3.59. The Morgan fingerprint density at radius 1 is 1.71 bits per heavy atom. The number of carbonyl (C=O) groups is 2. The predicted octanol–water partition coefficient (Wildman–Crippen LogP) is 0.787. The molecule has 1 aliphatic rings. The molecular weight excluding hydrogens is 184 g/mol. The van der Waals surface area contributed by atoms with Crippen molar-refractivity contribution in [1.82, 2.24) is 0 Å². The maximum atomic E-state index is 11.2. The number of ketones is 1. The molecule has 0 bridgehead atoms. The minimum Gasteiger partial charge on any atom is -0.478 e. The summed E-state index contributed by atoms with van der Waals surface area (Å²) in [5.74, 6) is -1.08. The van der Waals surface area contributed by atoms with Crippen LogP contribution < -0.4 is 0 Å². The van der Waals surface area contributed by atoms with Crippen molar-refractivity contribution in [2.45, 2.75) is 12.5 Å². The van der Waals surface area contributed by atoms with Gasteiger partial charge in [-0.2, -0.15) is 0 Å². The molecule has 4 nitrogen and oxygen atoms in total. The van der Waals surface area contributed by atoms with Crippen LogP contribution in [0.25, 0.3) is 0 Å². The second-order valence-electron chi connectivity index (χ2n) is 3.08. The molecule has 0 spiro atoms. The highest BCUT2D eigenvalue weighted by Crippen LogP contribution is 2.18. The number of rotatable bonds is 3. The van der Waals surface area contributed by atoms with E-state index in [-0.39, 0.29) is 11.7 Å². The average molecular weight is 196 g/mol. The van der Waals surface area contributed by atoms with Crippen LogP contribution in [-0.4, -0.2) is 30.1 Å². The van der Waals surface area contributed by atoms with Gasteiger partial charge in [0.1, 0.15) is 6.10 Å². The van der Waals surface area contributed by atoms with Gasteiger partial charge in [-0.05, 0) is 18.4 Å². The molecule has 0 radical (unpaired) electrons. The fraction of sp³-hybridized carbons (Fsp3) is 0.400. The zero-order chi connectivity index (χ0) is 10.6. The number of carbonyl (C=O) groups excluding carboxylic acids is 1. The summed E-state index contributed by atoms with van der Waals surface area (Å²) in [6.07, 6.45) is 5.83. The summed E-state index contributed by atoms with van der Waals surface area (Å²) in [4.78, 5) is 21.4. The van der Waals surface area contributed by atoms with Crippen molar-refractivity contribution in [3.8, 4) is 0 Å². The van der Waals surface area contributed by atoms with E-state index in [1.54, 1.807) is 12.2 Å². The van der Waals surface area contributed by atoms with E-state index in [9.17, 15) is 9.59 Å². The van der Waals surface area contributed by atoms with Gasteiger partial charge in [0.25, 0.3) is 0 Å². The van der Waals surface area contributed by atoms with Gasteiger partial charge in [0.05, 0.1) is 0 Å². The standard InChI is InChI=1S/C10H12O4/c1-14-9-6-7(2-4-8(9)11)3-5-10(12)13/h2-5,7,9H,6H2,1H3,(H,12,13). The highest BCUT2D eigenvalue weighted by molar-refractivity contribution is 5.94. The molecule has 1 aliphatic carbocycles. The molecule has 0 aromatic rings. The summed E-state index contributed by atoms with van der Waals surface area (Å²) >= 11 is 0. The second-order valence-corrected chi connectivity index (χ2v) is 3.08. The molecule has 14 heavy (non-hydrogen) atoms. The fourth-order valence-corrected chi connectivity index (χ4v) is 1.33. The SMILES string of the molecule is COC1CC(C=CC(=O)O)C=CC1=O. The van der Waals surface area contributed by atoms with E-state index >= 15 is 0 Å². The zero-order valence-corrected chi connectivity index (χ0v) is 7.84. The van der Waals surface area contributed by atoms with Crippen LogP contribution in [0.4, 0.5) is 0 Å². The summed E-state index contributed by atoms with van der Waals surface area (Å²) in [6.45, 7) is 0. The van der Waals surface area contributed by atoms with Crippen LogP contribution in [0.2, 0.25) is 0 Å². The minimum atomic E-state index is -0.982. The number of carboxylic acid groups (broad SMARTS) is 1. The molecule has 0 amide bonds. The van der Waals surface area contributed by atoms with Crippen molar-refractivity contribution >= 4 is 11.8 Å². The van der Waals surface area contributed by atoms with Crippen molar-refractivity contribution in [3.05, 3.63) is 24.3 Å². The summed E-state index contributed by atoms with van der Waals surface area (Å²) in [6, 6.07) is 0. The monoisotopic (exact) mass is 196 g/mol. The molecule has 2 atom stereocenters. The van der Waals surface area contributed by atoms with E-state index in [0.29, 0.717) is 6.42 Å². The van der Waals surface area contributed by atoms with E-state index in [0.717, 1.165) is 6.08 Å². The van der Waals surface area contributed by atoms with E-state index in [1.165, 1.54) is 13.2 Å². The zero-order valence-electron chi connectivity index (χ0n) is 7.84. The van der Waals surface area contributed by atoms with E-state index < -0.39 is 12.1 Å². The maximum Gasteiger partial charge on any atom is 0.327 e. The first-order valence-corrected chi connectivity index (χ1v) is 4.29. The Labute approximate surface area is 81.9 Å². The Balaban J connectivity index is 2.62. The summed E-state index contributed by atoms with van der Waals surface area (Å²) in [5.41, 5.74) is 0. The topological polar surface area (TPSA) is 63.6 Å². The van der Waals surface area contributed by atoms with Crippen LogP contribution in [-0.2, 0) is 14.3 Å². The lowest BCUT2D eigenvalue weighted by molar-refractivity contribution is -0.131. The largest absolute Gasteiger partial charge is 0.478 e. The smallest absolute Gasteiger partial charge is 0.327 e. The van der Waals surface area contributed by atoms with Gasteiger partial charge in [-0.25, -0.2) is 4.79 Å². The lowest BCUT2D eigenvalue weighted by atomic mass is 9.92. The van der Waals surface area contributed by atoms with Crippen LogP contribution in [0.3, 0.4) is 0 Å². The van der Waals surface area contributed by atoms with E-state index in [1.807, 2.05) is 0 Å². The highest BCUT2D eigenvalue weighted by atomic mass is 16.5. The Morgan fingerprint density at radius 2 is 2.43 bits per heavy atom. The second kappa shape index (κ2) is 4.72. The Morgan fingerprint density at radius 3 is 3.00 bits per heavy atom. The molecule has 0 aliphatic heterocycles. The number of methoxy groups -OCH3 is 1. The van der Waals surface area contributed by atoms with Gasteiger partial charge in [0.15, 0.2) is 5.78 Å². The summed E-state index contributed by atoms with van der Waals surface area (Å²) in [7, 11) is 1.47. The van der Waals surface area contributed by atoms with Crippen LogP contribution in [0.1, 0.15) is 6.42 Å². The van der Waals surface area contributed by atoms with Crippen LogP contribution in [0, 0.1) is 5.92 Å². The van der Waals surface area contributed by atoms with Crippen LogP contribution in [0.5, 0.6) is 0 Å². The quantitative estimate of drug-likeness (QED) is 0.678. The van der Waals surface area contributed by atoms with Crippen molar-refractivity contribution in [2.24, 2.45) is 5.92 Å². The normalized spacial score (nSPS) is 27.1. The molecule has 0 aromatic heterocycles. The first kappa shape index (κ1) is 10.7. The first-order valence-electron chi connectivity index (χ1n) is 4.29. The third kappa shape index (κ3) is 2.81. The molecule has 4 heteroatoms. The number of carboxylic acids is 1. The van der Waals surface area contributed by atoms with Gasteiger partial charge in [-0.1, -0.05) is 12.2 Å². The lowest BCUT2D eigenvalue weighted by Crippen LogP contribution is -2.26. The van der Waals surface area contributed by atoms with Crippen LogP contribution in [0.15, 0.2) is 24.3 Å². The Bertz CT molecular complexity index is 290.